The third-order valence-corrected chi connectivity index (χ3v) is 2.76. The first-order valence-electron chi connectivity index (χ1n) is 6.75. The van der Waals surface area contributed by atoms with Crippen molar-refractivity contribution in [2.45, 2.75) is 45.7 Å². The van der Waals surface area contributed by atoms with E-state index >= 15 is 0 Å². The van der Waals surface area contributed by atoms with Gasteiger partial charge in [0, 0.05) is 32.5 Å². The molecule has 0 aromatic rings. The van der Waals surface area contributed by atoms with Gasteiger partial charge in [-0.05, 0) is 13.3 Å². The SMILES string of the molecule is CCC(C)NC(=O)CCNCC(NC(C)=O)C(=O)OC. The molecule has 3 N–H and O–H groups in total. The lowest BCUT2D eigenvalue weighted by Crippen LogP contribution is -2.47. The molecule has 20 heavy (non-hydrogen) atoms. The molecule has 0 aromatic heterocycles. The van der Waals surface area contributed by atoms with Crippen molar-refractivity contribution in [3.8, 4) is 0 Å². The highest BCUT2D eigenvalue weighted by molar-refractivity contribution is 5.83. The molecule has 0 saturated carbocycles. The quantitative estimate of drug-likeness (QED) is 0.394. The van der Waals surface area contributed by atoms with Crippen LogP contribution in [0.4, 0.5) is 0 Å². The van der Waals surface area contributed by atoms with Crippen molar-refractivity contribution >= 4 is 17.8 Å². The van der Waals surface area contributed by atoms with Crippen molar-refractivity contribution in [3.05, 3.63) is 0 Å². The normalized spacial score (nSPS) is 13.2. The summed E-state index contributed by atoms with van der Waals surface area (Å²) in [7, 11) is 1.26. The van der Waals surface area contributed by atoms with Crippen LogP contribution in [-0.2, 0) is 19.1 Å². The summed E-state index contributed by atoms with van der Waals surface area (Å²) in [6, 6.07) is -0.583. The Balaban J connectivity index is 3.97. The monoisotopic (exact) mass is 287 g/mol. The van der Waals surface area contributed by atoms with Gasteiger partial charge in [0.15, 0.2) is 0 Å². The van der Waals surface area contributed by atoms with E-state index in [1.54, 1.807) is 0 Å². The zero-order valence-electron chi connectivity index (χ0n) is 12.6. The first kappa shape index (κ1) is 18.4. The molecule has 0 bridgehead atoms. The van der Waals surface area contributed by atoms with Crippen LogP contribution in [0, 0.1) is 0 Å². The summed E-state index contributed by atoms with van der Waals surface area (Å²) >= 11 is 0. The zero-order chi connectivity index (χ0) is 15.5. The van der Waals surface area contributed by atoms with E-state index in [4.69, 9.17) is 0 Å². The highest BCUT2D eigenvalue weighted by atomic mass is 16.5. The number of hydrogen-bond donors (Lipinski definition) is 3. The molecule has 0 rings (SSSR count). The Hall–Kier alpha value is -1.63. The molecule has 0 radical (unpaired) electrons. The number of ether oxygens (including phenoxy) is 1. The Morgan fingerprint density at radius 1 is 1.20 bits per heavy atom. The standard InChI is InChI=1S/C13H25N3O4/c1-5-9(2)15-12(18)6-7-14-8-11(13(19)20-4)16-10(3)17/h9,11,14H,5-8H2,1-4H3,(H,15,18)(H,16,17). The zero-order valence-corrected chi connectivity index (χ0v) is 12.6. The average Bonchev–Trinajstić information content (AvgIpc) is 2.40. The van der Waals surface area contributed by atoms with E-state index in [2.05, 4.69) is 20.7 Å². The van der Waals surface area contributed by atoms with Gasteiger partial charge < -0.3 is 20.7 Å². The molecular weight excluding hydrogens is 262 g/mol. The Kier molecular flexibility index (Phi) is 9.36. The largest absolute Gasteiger partial charge is 0.467 e. The summed E-state index contributed by atoms with van der Waals surface area (Å²) in [5, 5.41) is 8.28. The predicted molar refractivity (Wildman–Crippen MR) is 75.0 cm³/mol. The Bertz CT molecular complexity index is 334. The molecule has 0 spiro atoms. The number of amides is 2. The second-order valence-electron chi connectivity index (χ2n) is 4.61. The van der Waals surface area contributed by atoms with E-state index in [0.717, 1.165) is 6.42 Å². The molecule has 2 unspecified atom stereocenters. The van der Waals surface area contributed by atoms with Crippen molar-refractivity contribution in [3.63, 3.8) is 0 Å². The van der Waals surface area contributed by atoms with Gasteiger partial charge in [0.2, 0.25) is 11.8 Å². The topological polar surface area (TPSA) is 96.5 Å². The van der Waals surface area contributed by atoms with Gasteiger partial charge in [-0.2, -0.15) is 0 Å². The van der Waals surface area contributed by atoms with E-state index in [1.165, 1.54) is 14.0 Å². The molecular formula is C13H25N3O4. The molecule has 0 fully saturated rings. The molecule has 0 aliphatic rings. The first-order valence-corrected chi connectivity index (χ1v) is 6.75. The van der Waals surface area contributed by atoms with Crippen LogP contribution in [0.3, 0.4) is 0 Å². The second-order valence-corrected chi connectivity index (χ2v) is 4.61. The van der Waals surface area contributed by atoms with Gasteiger partial charge >= 0.3 is 5.97 Å². The number of rotatable bonds is 9. The highest BCUT2D eigenvalue weighted by Crippen LogP contribution is 1.90. The highest BCUT2D eigenvalue weighted by Gasteiger charge is 2.19. The Morgan fingerprint density at radius 2 is 1.85 bits per heavy atom. The lowest BCUT2D eigenvalue weighted by atomic mass is 10.2. The molecule has 0 aromatic carbocycles. The maximum absolute atomic E-state index is 11.5. The van der Waals surface area contributed by atoms with Gasteiger partial charge in [-0.3, -0.25) is 9.59 Å². The lowest BCUT2D eigenvalue weighted by Gasteiger charge is -2.16. The summed E-state index contributed by atoms with van der Waals surface area (Å²) in [5.41, 5.74) is 0. The van der Waals surface area contributed by atoms with Gasteiger partial charge in [0.05, 0.1) is 7.11 Å². The third kappa shape index (κ3) is 8.47. The molecule has 0 aliphatic heterocycles. The van der Waals surface area contributed by atoms with Crippen LogP contribution in [0.1, 0.15) is 33.6 Å². The Morgan fingerprint density at radius 3 is 2.35 bits per heavy atom. The molecule has 0 heterocycles. The van der Waals surface area contributed by atoms with Gasteiger partial charge in [-0.1, -0.05) is 6.92 Å². The minimum absolute atomic E-state index is 0.0407. The van der Waals surface area contributed by atoms with Crippen LogP contribution < -0.4 is 16.0 Å². The van der Waals surface area contributed by atoms with Crippen LogP contribution >= 0.6 is 0 Å². The summed E-state index contributed by atoms with van der Waals surface area (Å²) in [6.45, 7) is 5.92. The van der Waals surface area contributed by atoms with Crippen molar-refractivity contribution < 1.29 is 19.1 Å². The van der Waals surface area contributed by atoms with E-state index in [0.29, 0.717) is 13.0 Å². The fourth-order valence-corrected chi connectivity index (χ4v) is 1.48. The number of esters is 1. The van der Waals surface area contributed by atoms with E-state index in [9.17, 15) is 14.4 Å². The van der Waals surface area contributed by atoms with Crippen molar-refractivity contribution in [1.29, 1.82) is 0 Å². The minimum atomic E-state index is -0.741. The van der Waals surface area contributed by atoms with Gasteiger partial charge in [0.25, 0.3) is 0 Å². The molecule has 0 saturated heterocycles. The number of hydrogen-bond acceptors (Lipinski definition) is 5. The maximum Gasteiger partial charge on any atom is 0.329 e. The number of carbonyl (C=O) groups is 3. The molecule has 0 aliphatic carbocycles. The summed E-state index contributed by atoms with van der Waals surface area (Å²) < 4.78 is 4.59. The van der Waals surface area contributed by atoms with Crippen molar-refractivity contribution in [2.24, 2.45) is 0 Å². The summed E-state index contributed by atoms with van der Waals surface area (Å²) in [4.78, 5) is 33.9. The van der Waals surface area contributed by atoms with E-state index in [1.807, 2.05) is 13.8 Å². The first-order chi connectivity index (χ1) is 9.40. The fourth-order valence-electron chi connectivity index (χ4n) is 1.48. The molecule has 7 heteroatoms. The van der Waals surface area contributed by atoms with Crippen LogP contribution in [0.5, 0.6) is 0 Å². The third-order valence-electron chi connectivity index (χ3n) is 2.76. The minimum Gasteiger partial charge on any atom is -0.467 e. The number of nitrogens with one attached hydrogen (secondary N) is 3. The van der Waals surface area contributed by atoms with Crippen LogP contribution in [-0.4, -0.2) is 50.1 Å². The maximum atomic E-state index is 11.5. The molecule has 2 atom stereocenters. The van der Waals surface area contributed by atoms with Crippen molar-refractivity contribution in [2.75, 3.05) is 20.2 Å². The van der Waals surface area contributed by atoms with Crippen molar-refractivity contribution in [1.82, 2.24) is 16.0 Å². The van der Waals surface area contributed by atoms with Crippen LogP contribution in [0.15, 0.2) is 0 Å². The predicted octanol–water partition coefficient (Wildman–Crippen LogP) is -0.441. The Labute approximate surface area is 119 Å². The van der Waals surface area contributed by atoms with Gasteiger partial charge in [-0.25, -0.2) is 4.79 Å². The number of methoxy groups -OCH3 is 1. The number of carbonyl (C=O) groups excluding carboxylic acids is 3. The van der Waals surface area contributed by atoms with Gasteiger partial charge in [0.1, 0.15) is 6.04 Å². The smallest absolute Gasteiger partial charge is 0.329 e. The second kappa shape index (κ2) is 10.2. The van der Waals surface area contributed by atoms with Crippen LogP contribution in [0.2, 0.25) is 0 Å². The van der Waals surface area contributed by atoms with Crippen LogP contribution in [0.25, 0.3) is 0 Å². The molecule has 2 amide bonds. The summed E-state index contributed by atoms with van der Waals surface area (Å²) in [5.74, 6) is -0.866. The fraction of sp³-hybridized carbons (Fsp3) is 0.769. The van der Waals surface area contributed by atoms with E-state index in [-0.39, 0.29) is 24.4 Å². The average molecular weight is 287 g/mol. The summed E-state index contributed by atoms with van der Waals surface area (Å²) in [6.07, 6.45) is 1.20. The lowest BCUT2D eigenvalue weighted by molar-refractivity contribution is -0.144. The molecule has 7 nitrogen and oxygen atoms in total. The molecule has 116 valence electrons. The van der Waals surface area contributed by atoms with Gasteiger partial charge in [-0.15, -0.1) is 0 Å². The van der Waals surface area contributed by atoms with E-state index < -0.39 is 12.0 Å².